The van der Waals surface area contributed by atoms with Crippen LogP contribution in [0.2, 0.25) is 0 Å². The molecule has 28 heavy (non-hydrogen) atoms. The maximum absolute atomic E-state index is 14.0. The molecule has 1 amide bonds. The molecule has 3 rings (SSSR count). The fraction of sp³-hybridized carbons (Fsp3) is 0.667. The van der Waals surface area contributed by atoms with Gasteiger partial charge in [0.15, 0.2) is 0 Å². The molecule has 2 fully saturated rings. The molecular formula is C21H31BrFN3O2. The van der Waals surface area contributed by atoms with Crippen molar-refractivity contribution in [1.29, 1.82) is 0 Å². The third kappa shape index (κ3) is 5.75. The quantitative estimate of drug-likeness (QED) is 0.734. The second-order valence-corrected chi connectivity index (χ2v) is 9.16. The molecular weight excluding hydrogens is 425 g/mol. The van der Waals surface area contributed by atoms with E-state index >= 15 is 0 Å². The van der Waals surface area contributed by atoms with Crippen molar-refractivity contribution in [2.45, 2.75) is 51.9 Å². The van der Waals surface area contributed by atoms with E-state index in [0.29, 0.717) is 22.6 Å². The van der Waals surface area contributed by atoms with Crippen molar-refractivity contribution in [2.75, 3.05) is 38.0 Å². The lowest BCUT2D eigenvalue weighted by Crippen LogP contribution is -2.50. The van der Waals surface area contributed by atoms with Gasteiger partial charge in [0.05, 0.1) is 23.9 Å². The number of piperidine rings is 1. The average Bonchev–Trinajstić information content (AvgIpc) is 2.63. The van der Waals surface area contributed by atoms with Crippen molar-refractivity contribution in [3.63, 3.8) is 0 Å². The van der Waals surface area contributed by atoms with Crippen LogP contribution in [0.3, 0.4) is 0 Å². The van der Waals surface area contributed by atoms with E-state index in [2.05, 4.69) is 44.9 Å². The van der Waals surface area contributed by atoms with Crippen molar-refractivity contribution in [3.8, 4) is 0 Å². The molecule has 3 atom stereocenters. The zero-order valence-electron chi connectivity index (χ0n) is 17.0. The highest BCUT2D eigenvalue weighted by molar-refractivity contribution is 9.10. The molecule has 1 aromatic carbocycles. The lowest BCUT2D eigenvalue weighted by Gasteiger charge is -2.40. The number of carbonyl (C=O) groups excluding carboxylic acids is 1. The molecule has 0 saturated carbocycles. The van der Waals surface area contributed by atoms with Crippen LogP contribution in [0.15, 0.2) is 22.7 Å². The standard InChI is InChI=1S/C21H31BrFN3O2/c1-14-11-25(12-15(2)28-14)13-17-6-8-26(9-7-17)16(3)21(27)24-20-5-4-18(22)10-19(20)23/h4-5,10,14-17H,6-9,11-13H2,1-3H3,(H,24,27). The summed E-state index contributed by atoms with van der Waals surface area (Å²) in [6.07, 6.45) is 2.77. The van der Waals surface area contributed by atoms with E-state index in [0.717, 1.165) is 45.6 Å². The van der Waals surface area contributed by atoms with Gasteiger partial charge in [0, 0.05) is 24.1 Å². The highest BCUT2D eigenvalue weighted by atomic mass is 79.9. The van der Waals surface area contributed by atoms with E-state index < -0.39 is 5.82 Å². The van der Waals surface area contributed by atoms with Crippen molar-refractivity contribution < 1.29 is 13.9 Å². The highest BCUT2D eigenvalue weighted by Gasteiger charge is 2.29. The Bertz CT molecular complexity index is 672. The summed E-state index contributed by atoms with van der Waals surface area (Å²) in [7, 11) is 0. The summed E-state index contributed by atoms with van der Waals surface area (Å²) in [5.41, 5.74) is 0.227. The molecule has 7 heteroatoms. The lowest BCUT2D eigenvalue weighted by atomic mass is 9.94. The molecule has 1 N–H and O–H groups in total. The first kappa shape index (κ1) is 21.7. The van der Waals surface area contributed by atoms with Gasteiger partial charge in [0.2, 0.25) is 5.91 Å². The molecule has 2 aliphatic rings. The Labute approximate surface area is 175 Å². The number of morpholine rings is 1. The van der Waals surface area contributed by atoms with Crippen LogP contribution in [0.1, 0.15) is 33.6 Å². The monoisotopic (exact) mass is 455 g/mol. The summed E-state index contributed by atoms with van der Waals surface area (Å²) >= 11 is 3.23. The van der Waals surface area contributed by atoms with Crippen molar-refractivity contribution >= 4 is 27.5 Å². The van der Waals surface area contributed by atoms with E-state index in [1.807, 2.05) is 6.92 Å². The fourth-order valence-electron chi connectivity index (χ4n) is 4.32. The lowest BCUT2D eigenvalue weighted by molar-refractivity contribution is -0.121. The van der Waals surface area contributed by atoms with Crippen LogP contribution >= 0.6 is 15.9 Å². The van der Waals surface area contributed by atoms with E-state index in [1.165, 1.54) is 6.07 Å². The molecule has 0 aromatic heterocycles. The number of benzene rings is 1. The summed E-state index contributed by atoms with van der Waals surface area (Å²) in [5.74, 6) is 0.0750. The molecule has 0 aliphatic carbocycles. The molecule has 3 unspecified atom stereocenters. The van der Waals surface area contributed by atoms with Crippen molar-refractivity contribution in [2.24, 2.45) is 5.92 Å². The molecule has 0 radical (unpaired) electrons. The summed E-state index contributed by atoms with van der Waals surface area (Å²) in [6.45, 7) is 11.1. The van der Waals surface area contributed by atoms with Crippen LogP contribution in [0.4, 0.5) is 10.1 Å². The maximum Gasteiger partial charge on any atom is 0.241 e. The van der Waals surface area contributed by atoms with Gasteiger partial charge in [-0.25, -0.2) is 4.39 Å². The summed E-state index contributed by atoms with van der Waals surface area (Å²) < 4.78 is 20.4. The third-order valence-electron chi connectivity index (χ3n) is 5.78. The third-order valence-corrected chi connectivity index (χ3v) is 6.27. The van der Waals surface area contributed by atoms with Crippen LogP contribution in [-0.4, -0.2) is 66.7 Å². The predicted molar refractivity (Wildman–Crippen MR) is 113 cm³/mol. The Balaban J connectivity index is 1.46. The van der Waals surface area contributed by atoms with Crippen LogP contribution in [0.25, 0.3) is 0 Å². The van der Waals surface area contributed by atoms with E-state index in [-0.39, 0.29) is 17.6 Å². The SMILES string of the molecule is CC1CN(CC2CCN(C(C)C(=O)Nc3ccc(Br)cc3F)CC2)CC(C)O1. The Morgan fingerprint density at radius 2 is 1.93 bits per heavy atom. The van der Waals surface area contributed by atoms with Gasteiger partial charge in [-0.3, -0.25) is 14.6 Å². The minimum absolute atomic E-state index is 0.157. The smallest absolute Gasteiger partial charge is 0.241 e. The molecule has 1 aromatic rings. The van der Waals surface area contributed by atoms with Crippen LogP contribution in [0, 0.1) is 11.7 Å². The number of likely N-dealkylation sites (tertiary alicyclic amines) is 1. The topological polar surface area (TPSA) is 44.8 Å². The van der Waals surface area contributed by atoms with E-state index in [9.17, 15) is 9.18 Å². The number of rotatable bonds is 5. The molecule has 0 bridgehead atoms. The summed E-state index contributed by atoms with van der Waals surface area (Å²) in [4.78, 5) is 17.3. The first-order chi connectivity index (χ1) is 13.3. The minimum Gasteiger partial charge on any atom is -0.373 e. The Morgan fingerprint density at radius 3 is 2.54 bits per heavy atom. The van der Waals surface area contributed by atoms with Gasteiger partial charge in [-0.1, -0.05) is 15.9 Å². The van der Waals surface area contributed by atoms with Crippen LogP contribution in [-0.2, 0) is 9.53 Å². The molecule has 2 saturated heterocycles. The second-order valence-electron chi connectivity index (χ2n) is 8.24. The molecule has 0 spiro atoms. The minimum atomic E-state index is -0.428. The first-order valence-electron chi connectivity index (χ1n) is 10.2. The van der Waals surface area contributed by atoms with Crippen molar-refractivity contribution in [3.05, 3.63) is 28.5 Å². The number of anilines is 1. The highest BCUT2D eigenvalue weighted by Crippen LogP contribution is 2.23. The first-order valence-corrected chi connectivity index (χ1v) is 11.0. The molecule has 156 valence electrons. The van der Waals surface area contributed by atoms with Gasteiger partial charge in [0.1, 0.15) is 5.82 Å². The van der Waals surface area contributed by atoms with E-state index in [4.69, 9.17) is 4.74 Å². The Morgan fingerprint density at radius 1 is 1.29 bits per heavy atom. The maximum atomic E-state index is 14.0. The summed E-state index contributed by atoms with van der Waals surface area (Å²) in [6, 6.07) is 4.40. The number of halogens is 2. The predicted octanol–water partition coefficient (Wildman–Crippen LogP) is 3.74. The van der Waals surface area contributed by atoms with Gasteiger partial charge < -0.3 is 10.1 Å². The van der Waals surface area contributed by atoms with Gasteiger partial charge >= 0.3 is 0 Å². The Hall–Kier alpha value is -1.02. The number of amides is 1. The normalized spacial score (nSPS) is 26.2. The number of carbonyl (C=O) groups is 1. The molecule has 2 aliphatic heterocycles. The number of hydrogen-bond acceptors (Lipinski definition) is 4. The zero-order valence-corrected chi connectivity index (χ0v) is 18.5. The van der Waals surface area contributed by atoms with Gasteiger partial charge in [-0.2, -0.15) is 0 Å². The number of nitrogens with zero attached hydrogens (tertiary/aromatic N) is 2. The van der Waals surface area contributed by atoms with Crippen LogP contribution in [0.5, 0.6) is 0 Å². The summed E-state index contributed by atoms with van der Waals surface area (Å²) in [5, 5.41) is 2.72. The number of nitrogens with one attached hydrogen (secondary N) is 1. The van der Waals surface area contributed by atoms with Crippen molar-refractivity contribution in [1.82, 2.24) is 9.80 Å². The number of ether oxygens (including phenoxy) is 1. The molecule has 5 nitrogen and oxygen atoms in total. The van der Waals surface area contributed by atoms with Crippen LogP contribution < -0.4 is 5.32 Å². The van der Waals surface area contributed by atoms with Gasteiger partial charge in [-0.05, 0) is 70.8 Å². The van der Waals surface area contributed by atoms with E-state index in [1.54, 1.807) is 12.1 Å². The van der Waals surface area contributed by atoms with Gasteiger partial charge in [-0.15, -0.1) is 0 Å². The largest absolute Gasteiger partial charge is 0.373 e. The average molecular weight is 456 g/mol. The molecule has 2 heterocycles. The van der Waals surface area contributed by atoms with Gasteiger partial charge in [0.25, 0.3) is 0 Å². The number of hydrogen-bond donors (Lipinski definition) is 1. The Kier molecular flexibility index (Phi) is 7.48. The second kappa shape index (κ2) is 9.65. The fourth-order valence-corrected chi connectivity index (χ4v) is 4.65. The zero-order chi connectivity index (χ0) is 20.3.